The molecule has 1 N–H and O–H groups in total. The molecule has 1 aliphatic heterocycles. The van der Waals surface area contributed by atoms with Crippen LogP contribution in [0.2, 0.25) is 5.02 Å². The molecule has 3 aromatic carbocycles. The lowest BCUT2D eigenvalue weighted by Crippen LogP contribution is -2.31. The van der Waals surface area contributed by atoms with Crippen LogP contribution in [0.3, 0.4) is 0 Å². The Morgan fingerprint density at radius 1 is 1.06 bits per heavy atom. The van der Waals surface area contributed by atoms with Gasteiger partial charge < -0.3 is 5.32 Å². The highest BCUT2D eigenvalue weighted by Gasteiger charge is 2.35. The summed E-state index contributed by atoms with van der Waals surface area (Å²) in [6, 6.07) is 18.5. The SMILES string of the molecule is CCC(C)c1ccc(NC(=O)N2N=C(c3ccc(Cl)cc3)CC2c2ccc(C(F)(F)F)cc2)cc1. The third-order valence-electron chi connectivity index (χ3n) is 6.26. The van der Waals surface area contributed by atoms with E-state index < -0.39 is 23.8 Å². The van der Waals surface area contributed by atoms with Crippen LogP contribution in [0.5, 0.6) is 0 Å². The molecule has 0 aliphatic carbocycles. The number of carbonyl (C=O) groups excluding carboxylic acids is 1. The van der Waals surface area contributed by atoms with Crippen molar-refractivity contribution in [1.29, 1.82) is 0 Å². The second kappa shape index (κ2) is 10.1. The van der Waals surface area contributed by atoms with E-state index in [0.29, 0.717) is 34.3 Å². The van der Waals surface area contributed by atoms with Gasteiger partial charge in [-0.15, -0.1) is 0 Å². The van der Waals surface area contributed by atoms with Crippen molar-refractivity contribution >= 4 is 29.0 Å². The fraction of sp³-hybridized carbons (Fsp3) is 0.259. The Labute approximate surface area is 207 Å². The van der Waals surface area contributed by atoms with Crippen molar-refractivity contribution in [2.45, 2.75) is 44.8 Å². The van der Waals surface area contributed by atoms with Crippen molar-refractivity contribution < 1.29 is 18.0 Å². The molecule has 0 aromatic heterocycles. The van der Waals surface area contributed by atoms with Crippen LogP contribution in [0.15, 0.2) is 77.9 Å². The summed E-state index contributed by atoms with van der Waals surface area (Å²) < 4.78 is 39.2. The first kappa shape index (κ1) is 24.8. The molecule has 0 saturated carbocycles. The van der Waals surface area contributed by atoms with Crippen molar-refractivity contribution in [2.24, 2.45) is 5.10 Å². The average molecular weight is 500 g/mol. The molecular formula is C27H25ClF3N3O. The van der Waals surface area contributed by atoms with Gasteiger partial charge in [-0.2, -0.15) is 18.3 Å². The van der Waals surface area contributed by atoms with Crippen LogP contribution in [0.4, 0.5) is 23.7 Å². The van der Waals surface area contributed by atoms with Gasteiger partial charge in [0.05, 0.1) is 17.3 Å². The van der Waals surface area contributed by atoms with E-state index in [2.05, 4.69) is 24.3 Å². The summed E-state index contributed by atoms with van der Waals surface area (Å²) >= 11 is 6.00. The third kappa shape index (κ3) is 5.68. The maximum absolute atomic E-state index is 13.2. The molecule has 0 fully saturated rings. The topological polar surface area (TPSA) is 44.7 Å². The molecule has 2 unspecified atom stereocenters. The Morgan fingerprint density at radius 2 is 1.69 bits per heavy atom. The summed E-state index contributed by atoms with van der Waals surface area (Å²) in [4.78, 5) is 13.2. The number of anilines is 1. The van der Waals surface area contributed by atoms with Crippen molar-refractivity contribution in [1.82, 2.24) is 5.01 Å². The van der Waals surface area contributed by atoms with Crippen molar-refractivity contribution in [3.63, 3.8) is 0 Å². The molecular weight excluding hydrogens is 475 g/mol. The Kier molecular flexibility index (Phi) is 7.17. The lowest BCUT2D eigenvalue weighted by molar-refractivity contribution is -0.137. The molecule has 182 valence electrons. The van der Waals surface area contributed by atoms with Gasteiger partial charge in [-0.05, 0) is 65.4 Å². The lowest BCUT2D eigenvalue weighted by Gasteiger charge is -2.23. The Hall–Kier alpha value is -3.32. The number of hydrazone groups is 1. The van der Waals surface area contributed by atoms with E-state index in [1.165, 1.54) is 22.7 Å². The fourth-order valence-corrected chi connectivity index (χ4v) is 4.11. The minimum atomic E-state index is -4.43. The Morgan fingerprint density at radius 3 is 2.26 bits per heavy atom. The number of halogens is 4. The molecule has 0 spiro atoms. The minimum Gasteiger partial charge on any atom is -0.306 e. The van der Waals surface area contributed by atoms with Crippen LogP contribution >= 0.6 is 11.6 Å². The molecule has 2 atom stereocenters. The molecule has 1 heterocycles. The zero-order valence-electron chi connectivity index (χ0n) is 19.3. The summed E-state index contributed by atoms with van der Waals surface area (Å²) in [5.74, 6) is 0.411. The van der Waals surface area contributed by atoms with E-state index in [4.69, 9.17) is 11.6 Å². The number of hydrogen-bond donors (Lipinski definition) is 1. The van der Waals surface area contributed by atoms with Crippen LogP contribution in [0.1, 0.15) is 60.9 Å². The highest BCUT2D eigenvalue weighted by atomic mass is 35.5. The predicted octanol–water partition coefficient (Wildman–Crippen LogP) is 8.26. The maximum atomic E-state index is 13.2. The van der Waals surface area contributed by atoms with Crippen LogP contribution < -0.4 is 5.32 Å². The molecule has 0 bridgehead atoms. The van der Waals surface area contributed by atoms with Crippen molar-refractivity contribution in [2.75, 3.05) is 5.32 Å². The van der Waals surface area contributed by atoms with E-state index in [0.717, 1.165) is 24.1 Å². The van der Waals surface area contributed by atoms with Gasteiger partial charge in [-0.1, -0.05) is 61.8 Å². The zero-order valence-corrected chi connectivity index (χ0v) is 20.1. The van der Waals surface area contributed by atoms with Gasteiger partial charge in [-0.25, -0.2) is 9.80 Å². The van der Waals surface area contributed by atoms with Crippen molar-refractivity contribution in [3.8, 4) is 0 Å². The number of nitrogens with one attached hydrogen (secondary N) is 1. The molecule has 0 radical (unpaired) electrons. The minimum absolute atomic E-state index is 0.355. The summed E-state index contributed by atoms with van der Waals surface area (Å²) in [5, 5.41) is 9.28. The summed E-state index contributed by atoms with van der Waals surface area (Å²) in [5.41, 5.74) is 3.05. The normalized spacial score (nSPS) is 16.7. The highest BCUT2D eigenvalue weighted by Crippen LogP contribution is 2.36. The zero-order chi connectivity index (χ0) is 25.2. The van der Waals surface area contributed by atoms with E-state index in [1.54, 1.807) is 24.3 Å². The molecule has 4 rings (SSSR count). The summed E-state index contributed by atoms with van der Waals surface area (Å²) in [6.45, 7) is 4.25. The molecule has 0 saturated heterocycles. The van der Waals surface area contributed by atoms with Crippen LogP contribution in [0.25, 0.3) is 0 Å². The predicted molar refractivity (Wildman–Crippen MR) is 133 cm³/mol. The number of nitrogens with zero attached hydrogens (tertiary/aromatic N) is 2. The molecule has 8 heteroatoms. The lowest BCUT2D eigenvalue weighted by atomic mass is 9.97. The van der Waals surface area contributed by atoms with Crippen LogP contribution in [-0.2, 0) is 6.18 Å². The molecule has 4 nitrogen and oxygen atoms in total. The second-order valence-corrected chi connectivity index (χ2v) is 9.04. The number of alkyl halides is 3. The van der Waals surface area contributed by atoms with E-state index in [-0.39, 0.29) is 0 Å². The van der Waals surface area contributed by atoms with Gasteiger partial charge in [0.25, 0.3) is 0 Å². The largest absolute Gasteiger partial charge is 0.416 e. The average Bonchev–Trinajstić information content (AvgIpc) is 3.30. The van der Waals surface area contributed by atoms with Gasteiger partial charge >= 0.3 is 12.2 Å². The number of urea groups is 1. The number of hydrogen-bond acceptors (Lipinski definition) is 2. The van der Waals surface area contributed by atoms with E-state index >= 15 is 0 Å². The van der Waals surface area contributed by atoms with Crippen molar-refractivity contribution in [3.05, 3.63) is 100 Å². The first-order chi connectivity index (χ1) is 16.7. The number of rotatable bonds is 5. The standard InChI is InChI=1S/C27H25ClF3N3O/c1-3-17(2)18-8-14-23(15-9-18)32-26(35)34-25(20-4-10-21(11-5-20)27(29,30)31)16-24(33-34)19-6-12-22(28)13-7-19/h4-15,17,25H,3,16H2,1-2H3,(H,32,35). The molecule has 35 heavy (non-hydrogen) atoms. The first-order valence-corrected chi connectivity index (χ1v) is 11.7. The highest BCUT2D eigenvalue weighted by molar-refractivity contribution is 6.30. The molecule has 2 amide bonds. The van der Waals surface area contributed by atoms with Crippen LogP contribution in [0, 0.1) is 0 Å². The Balaban J connectivity index is 1.61. The van der Waals surface area contributed by atoms with Crippen LogP contribution in [-0.4, -0.2) is 16.8 Å². The number of benzene rings is 3. The van der Waals surface area contributed by atoms with E-state index in [9.17, 15) is 18.0 Å². The van der Waals surface area contributed by atoms with E-state index in [1.807, 2.05) is 24.3 Å². The van der Waals surface area contributed by atoms with Gasteiger partial charge in [0.2, 0.25) is 0 Å². The smallest absolute Gasteiger partial charge is 0.306 e. The second-order valence-electron chi connectivity index (χ2n) is 8.60. The first-order valence-electron chi connectivity index (χ1n) is 11.4. The van der Waals surface area contributed by atoms with Gasteiger partial charge in [0.15, 0.2) is 0 Å². The van der Waals surface area contributed by atoms with Gasteiger partial charge in [-0.3, -0.25) is 0 Å². The maximum Gasteiger partial charge on any atom is 0.416 e. The fourth-order valence-electron chi connectivity index (χ4n) is 3.98. The summed E-state index contributed by atoms with van der Waals surface area (Å²) in [6.07, 6.45) is -3.07. The quantitative estimate of drug-likeness (QED) is 0.377. The number of carbonyl (C=O) groups is 1. The Bertz CT molecular complexity index is 1210. The van der Waals surface area contributed by atoms with Gasteiger partial charge in [0, 0.05) is 17.1 Å². The monoisotopic (exact) mass is 499 g/mol. The third-order valence-corrected chi connectivity index (χ3v) is 6.51. The molecule has 1 aliphatic rings. The summed E-state index contributed by atoms with van der Waals surface area (Å²) in [7, 11) is 0. The molecule has 3 aromatic rings. The number of amides is 2. The van der Waals surface area contributed by atoms with Gasteiger partial charge in [0.1, 0.15) is 0 Å².